The van der Waals surface area contributed by atoms with Crippen LogP contribution in [0.25, 0.3) is 0 Å². The molecule has 5 heteroatoms. The summed E-state index contributed by atoms with van der Waals surface area (Å²) in [7, 11) is 0. The minimum atomic E-state index is -0.191. The van der Waals surface area contributed by atoms with Crippen molar-refractivity contribution in [3.8, 4) is 0 Å². The maximum atomic E-state index is 11.6. The maximum absolute atomic E-state index is 11.6. The van der Waals surface area contributed by atoms with Gasteiger partial charge in [0.05, 0.1) is 18.9 Å². The maximum Gasteiger partial charge on any atom is 0.409 e. The number of ether oxygens (including phenoxy) is 1. The fourth-order valence-electron chi connectivity index (χ4n) is 2.62. The second-order valence-corrected chi connectivity index (χ2v) is 5.10. The Morgan fingerprint density at radius 1 is 1.50 bits per heavy atom. The molecule has 0 saturated carbocycles. The lowest BCUT2D eigenvalue weighted by molar-refractivity contribution is 0.0938. The number of amides is 1. The van der Waals surface area contributed by atoms with Gasteiger partial charge in [0, 0.05) is 19.1 Å². The molecule has 1 aliphatic rings. The Morgan fingerprint density at radius 2 is 2.25 bits per heavy atom. The molecule has 5 nitrogen and oxygen atoms in total. The molecule has 0 aliphatic carbocycles. The third kappa shape index (κ3) is 3.76. The minimum absolute atomic E-state index is 0.191. The molecule has 0 radical (unpaired) electrons. The van der Waals surface area contributed by atoms with Crippen LogP contribution in [0, 0.1) is 0 Å². The topological polar surface area (TPSA) is 54.7 Å². The molecule has 112 valence electrons. The largest absolute Gasteiger partial charge is 0.468 e. The van der Waals surface area contributed by atoms with Gasteiger partial charge in [-0.25, -0.2) is 4.79 Å². The number of likely N-dealkylation sites (tertiary alicyclic amines) is 1. The average molecular weight is 280 g/mol. The van der Waals surface area contributed by atoms with Gasteiger partial charge in [-0.15, -0.1) is 0 Å². The van der Waals surface area contributed by atoms with Crippen molar-refractivity contribution in [1.29, 1.82) is 0 Å². The van der Waals surface area contributed by atoms with Crippen LogP contribution in [0.3, 0.4) is 0 Å². The zero-order chi connectivity index (χ0) is 14.4. The first-order valence-corrected chi connectivity index (χ1v) is 7.45. The van der Waals surface area contributed by atoms with Crippen molar-refractivity contribution in [2.24, 2.45) is 0 Å². The van der Waals surface area contributed by atoms with Crippen LogP contribution in [0.1, 0.15) is 44.9 Å². The van der Waals surface area contributed by atoms with E-state index in [2.05, 4.69) is 12.2 Å². The second kappa shape index (κ2) is 7.33. The molecular formula is C15H24N2O3. The van der Waals surface area contributed by atoms with E-state index in [1.807, 2.05) is 19.1 Å². The number of rotatable bonds is 5. The number of furan rings is 1. The Hall–Kier alpha value is -1.49. The Labute approximate surface area is 120 Å². The van der Waals surface area contributed by atoms with Crippen molar-refractivity contribution in [1.82, 2.24) is 10.2 Å². The van der Waals surface area contributed by atoms with E-state index in [0.29, 0.717) is 12.6 Å². The van der Waals surface area contributed by atoms with Crippen LogP contribution in [-0.2, 0) is 4.74 Å². The summed E-state index contributed by atoms with van der Waals surface area (Å²) in [6, 6.07) is 4.61. The van der Waals surface area contributed by atoms with Crippen LogP contribution in [0.5, 0.6) is 0 Å². The van der Waals surface area contributed by atoms with Gasteiger partial charge in [0.15, 0.2) is 0 Å². The molecule has 1 amide bonds. The highest BCUT2D eigenvalue weighted by atomic mass is 16.6. The SMILES string of the molecule is CCOC(=O)N1CCC(NC(CC)c2ccco2)CC1. The van der Waals surface area contributed by atoms with Gasteiger partial charge in [-0.05, 0) is 38.3 Å². The van der Waals surface area contributed by atoms with E-state index in [9.17, 15) is 4.79 Å². The number of carbonyl (C=O) groups excluding carboxylic acids is 1. The van der Waals surface area contributed by atoms with Crippen LogP contribution >= 0.6 is 0 Å². The van der Waals surface area contributed by atoms with Crippen molar-refractivity contribution < 1.29 is 13.9 Å². The summed E-state index contributed by atoms with van der Waals surface area (Å²) in [5.41, 5.74) is 0. The Bertz CT molecular complexity index is 397. The van der Waals surface area contributed by atoms with Gasteiger partial charge in [0.2, 0.25) is 0 Å². The average Bonchev–Trinajstić information content (AvgIpc) is 2.99. The van der Waals surface area contributed by atoms with Gasteiger partial charge in [-0.3, -0.25) is 0 Å². The lowest BCUT2D eigenvalue weighted by Gasteiger charge is -2.33. The normalized spacial score (nSPS) is 18.0. The first-order valence-electron chi connectivity index (χ1n) is 7.45. The molecule has 1 unspecified atom stereocenters. The van der Waals surface area contributed by atoms with Gasteiger partial charge < -0.3 is 19.4 Å². The van der Waals surface area contributed by atoms with Crippen molar-refractivity contribution >= 4 is 6.09 Å². The fourth-order valence-corrected chi connectivity index (χ4v) is 2.62. The molecule has 2 rings (SSSR count). The van der Waals surface area contributed by atoms with E-state index < -0.39 is 0 Å². The lowest BCUT2D eigenvalue weighted by atomic mass is 10.0. The highest BCUT2D eigenvalue weighted by molar-refractivity contribution is 5.67. The van der Waals surface area contributed by atoms with Gasteiger partial charge in [0.1, 0.15) is 5.76 Å². The molecule has 0 bridgehead atoms. The highest BCUT2D eigenvalue weighted by Gasteiger charge is 2.25. The molecule has 1 atom stereocenters. The van der Waals surface area contributed by atoms with E-state index in [1.165, 1.54) is 0 Å². The van der Waals surface area contributed by atoms with Crippen molar-refractivity contribution in [2.45, 2.75) is 45.2 Å². The van der Waals surface area contributed by atoms with E-state index in [4.69, 9.17) is 9.15 Å². The smallest absolute Gasteiger partial charge is 0.409 e. The third-order valence-corrected chi connectivity index (χ3v) is 3.75. The molecule has 0 aromatic carbocycles. The van der Waals surface area contributed by atoms with Crippen LogP contribution in [0.4, 0.5) is 4.79 Å². The number of nitrogens with zero attached hydrogens (tertiary/aromatic N) is 1. The fraction of sp³-hybridized carbons (Fsp3) is 0.667. The van der Waals surface area contributed by atoms with E-state index >= 15 is 0 Å². The summed E-state index contributed by atoms with van der Waals surface area (Å²) < 4.78 is 10.5. The van der Waals surface area contributed by atoms with E-state index in [0.717, 1.165) is 38.1 Å². The molecule has 20 heavy (non-hydrogen) atoms. The molecule has 0 spiro atoms. The Balaban J connectivity index is 1.80. The first kappa shape index (κ1) is 14.9. The predicted octanol–water partition coefficient (Wildman–Crippen LogP) is 2.94. The molecule has 1 fully saturated rings. The van der Waals surface area contributed by atoms with Crippen molar-refractivity contribution in [2.75, 3.05) is 19.7 Å². The number of hydrogen-bond donors (Lipinski definition) is 1. The zero-order valence-electron chi connectivity index (χ0n) is 12.3. The number of hydrogen-bond acceptors (Lipinski definition) is 4. The molecular weight excluding hydrogens is 256 g/mol. The van der Waals surface area contributed by atoms with Gasteiger partial charge in [-0.1, -0.05) is 6.92 Å². The molecule has 1 aromatic heterocycles. The zero-order valence-corrected chi connectivity index (χ0v) is 12.3. The molecule has 1 saturated heterocycles. The molecule has 1 aliphatic heterocycles. The molecule has 1 aromatic rings. The minimum Gasteiger partial charge on any atom is -0.468 e. The van der Waals surface area contributed by atoms with Gasteiger partial charge in [-0.2, -0.15) is 0 Å². The quantitative estimate of drug-likeness (QED) is 0.901. The van der Waals surface area contributed by atoms with E-state index in [1.54, 1.807) is 11.2 Å². The second-order valence-electron chi connectivity index (χ2n) is 5.10. The Kier molecular flexibility index (Phi) is 5.47. The number of piperidine rings is 1. The summed E-state index contributed by atoms with van der Waals surface area (Å²) in [6.45, 7) is 5.93. The monoisotopic (exact) mass is 280 g/mol. The van der Waals surface area contributed by atoms with Gasteiger partial charge >= 0.3 is 6.09 Å². The van der Waals surface area contributed by atoms with Crippen LogP contribution in [0.2, 0.25) is 0 Å². The number of nitrogens with one attached hydrogen (secondary N) is 1. The predicted molar refractivity (Wildman–Crippen MR) is 76.5 cm³/mol. The van der Waals surface area contributed by atoms with Crippen molar-refractivity contribution in [3.63, 3.8) is 0 Å². The summed E-state index contributed by atoms with van der Waals surface area (Å²) >= 11 is 0. The summed E-state index contributed by atoms with van der Waals surface area (Å²) in [5.74, 6) is 0.986. The molecule has 2 heterocycles. The van der Waals surface area contributed by atoms with Crippen LogP contribution in [-0.4, -0.2) is 36.7 Å². The lowest BCUT2D eigenvalue weighted by Crippen LogP contribution is -2.45. The standard InChI is InChI=1S/C15H24N2O3/c1-3-13(14-6-5-11-20-14)16-12-7-9-17(10-8-12)15(18)19-4-2/h5-6,11-13,16H,3-4,7-10H2,1-2H3. The van der Waals surface area contributed by atoms with Crippen LogP contribution in [0.15, 0.2) is 22.8 Å². The summed E-state index contributed by atoms with van der Waals surface area (Å²) in [4.78, 5) is 13.4. The molecule has 1 N–H and O–H groups in total. The van der Waals surface area contributed by atoms with Crippen LogP contribution < -0.4 is 5.32 Å². The third-order valence-electron chi connectivity index (χ3n) is 3.75. The Morgan fingerprint density at radius 3 is 2.80 bits per heavy atom. The van der Waals surface area contributed by atoms with E-state index in [-0.39, 0.29) is 12.1 Å². The van der Waals surface area contributed by atoms with Crippen molar-refractivity contribution in [3.05, 3.63) is 24.2 Å². The summed E-state index contributed by atoms with van der Waals surface area (Å²) in [6.07, 6.45) is 4.42. The highest BCUT2D eigenvalue weighted by Crippen LogP contribution is 2.21. The van der Waals surface area contributed by atoms with Gasteiger partial charge in [0.25, 0.3) is 0 Å². The first-order chi connectivity index (χ1) is 9.74. The summed E-state index contributed by atoms with van der Waals surface area (Å²) in [5, 5.41) is 3.63. The number of carbonyl (C=O) groups is 1.